The third kappa shape index (κ3) is 2.41. The van der Waals surface area contributed by atoms with Crippen molar-refractivity contribution < 1.29 is 4.92 Å². The highest BCUT2D eigenvalue weighted by Crippen LogP contribution is 2.29. The molecule has 0 saturated carbocycles. The zero-order valence-electron chi connectivity index (χ0n) is 9.47. The van der Waals surface area contributed by atoms with E-state index in [1.807, 2.05) is 0 Å². The lowest BCUT2D eigenvalue weighted by Crippen LogP contribution is -1.95. The van der Waals surface area contributed by atoms with Crippen molar-refractivity contribution in [1.82, 2.24) is 0 Å². The van der Waals surface area contributed by atoms with Crippen LogP contribution in [-0.4, -0.2) is 4.92 Å². The van der Waals surface area contributed by atoms with E-state index < -0.39 is 4.92 Å². The Morgan fingerprint density at radius 2 is 1.72 bits per heavy atom. The molecule has 0 saturated heterocycles. The number of halogens is 1. The van der Waals surface area contributed by atoms with Crippen LogP contribution in [0.4, 0.5) is 5.69 Å². The summed E-state index contributed by atoms with van der Waals surface area (Å²) in [6.07, 6.45) is 0. The third-order valence-corrected chi connectivity index (χ3v) is 2.87. The summed E-state index contributed by atoms with van der Waals surface area (Å²) in [6.45, 7) is 3.92. The number of benzene rings is 2. The van der Waals surface area contributed by atoms with Gasteiger partial charge >= 0.3 is 0 Å². The fraction of sp³-hybridized carbons (Fsp3) is 0. The fourth-order valence-electron chi connectivity index (χ4n) is 1.69. The Bertz CT molecular complexity index is 605. The monoisotopic (exact) mass is 259 g/mol. The molecule has 0 aliphatic heterocycles. The van der Waals surface area contributed by atoms with Crippen LogP contribution in [0.5, 0.6) is 0 Å². The highest BCUT2D eigenvalue weighted by atomic mass is 35.5. The molecular weight excluding hydrogens is 250 g/mol. The predicted octanol–water partition coefficient (Wildman–Crippen LogP) is 4.31. The predicted molar refractivity (Wildman–Crippen MR) is 72.7 cm³/mol. The Morgan fingerprint density at radius 3 is 2.33 bits per heavy atom. The number of nitro benzene ring substituents is 1. The van der Waals surface area contributed by atoms with Crippen LogP contribution in [0.1, 0.15) is 11.1 Å². The molecule has 0 radical (unpaired) electrons. The molecule has 18 heavy (non-hydrogen) atoms. The molecule has 3 nitrogen and oxygen atoms in total. The third-order valence-electron chi connectivity index (χ3n) is 2.62. The van der Waals surface area contributed by atoms with Crippen LogP contribution in [0.15, 0.2) is 55.1 Å². The van der Waals surface area contributed by atoms with Gasteiger partial charge in [0.25, 0.3) is 5.69 Å². The van der Waals surface area contributed by atoms with Crippen molar-refractivity contribution in [2.75, 3.05) is 0 Å². The largest absolute Gasteiger partial charge is 0.277 e. The smallest absolute Gasteiger partial charge is 0.258 e. The van der Waals surface area contributed by atoms with Crippen molar-refractivity contribution in [2.45, 2.75) is 0 Å². The van der Waals surface area contributed by atoms with Gasteiger partial charge in [0.05, 0.1) is 10.5 Å². The second-order valence-electron chi connectivity index (χ2n) is 3.76. The van der Waals surface area contributed by atoms with Crippen molar-refractivity contribution >= 4 is 22.9 Å². The van der Waals surface area contributed by atoms with Gasteiger partial charge in [-0.25, -0.2) is 0 Å². The number of nitro groups is 1. The number of para-hydroxylation sites is 1. The lowest BCUT2D eigenvalue weighted by atomic mass is 9.98. The van der Waals surface area contributed by atoms with E-state index in [0.29, 0.717) is 16.2 Å². The maximum atomic E-state index is 11.0. The molecule has 0 amide bonds. The van der Waals surface area contributed by atoms with Gasteiger partial charge in [-0.2, -0.15) is 0 Å². The molecule has 0 bridgehead atoms. The van der Waals surface area contributed by atoms with Crippen molar-refractivity contribution in [1.29, 1.82) is 0 Å². The summed E-state index contributed by atoms with van der Waals surface area (Å²) in [5.41, 5.74) is 2.00. The molecule has 90 valence electrons. The van der Waals surface area contributed by atoms with Crippen LogP contribution in [0.3, 0.4) is 0 Å². The van der Waals surface area contributed by atoms with Gasteiger partial charge in [0.1, 0.15) is 0 Å². The van der Waals surface area contributed by atoms with E-state index in [9.17, 15) is 10.1 Å². The van der Waals surface area contributed by atoms with E-state index in [1.54, 1.807) is 42.5 Å². The summed E-state index contributed by atoms with van der Waals surface area (Å²) in [5, 5.41) is 11.6. The summed E-state index contributed by atoms with van der Waals surface area (Å²) in [7, 11) is 0. The van der Waals surface area contributed by atoms with Crippen LogP contribution in [0, 0.1) is 10.1 Å². The SMILES string of the molecule is C=C(c1ccc(Cl)cc1)c1ccccc1[N+](=O)[O-]. The Morgan fingerprint density at radius 1 is 1.11 bits per heavy atom. The van der Waals surface area contributed by atoms with Crippen LogP contribution in [-0.2, 0) is 0 Å². The summed E-state index contributed by atoms with van der Waals surface area (Å²) in [6, 6.07) is 13.6. The summed E-state index contributed by atoms with van der Waals surface area (Å²) >= 11 is 5.81. The Labute approximate surface area is 109 Å². The number of hydrogen-bond donors (Lipinski definition) is 0. The van der Waals surface area contributed by atoms with Gasteiger partial charge in [-0.05, 0) is 29.3 Å². The first-order valence-corrected chi connectivity index (χ1v) is 5.66. The first-order chi connectivity index (χ1) is 8.59. The topological polar surface area (TPSA) is 43.1 Å². The lowest BCUT2D eigenvalue weighted by molar-refractivity contribution is -0.385. The van der Waals surface area contributed by atoms with Crippen LogP contribution in [0.2, 0.25) is 5.02 Å². The van der Waals surface area contributed by atoms with Crippen molar-refractivity contribution in [3.8, 4) is 0 Å². The molecule has 0 N–H and O–H groups in total. The van der Waals surface area contributed by atoms with E-state index >= 15 is 0 Å². The second-order valence-corrected chi connectivity index (χ2v) is 4.20. The van der Waals surface area contributed by atoms with Crippen molar-refractivity contribution in [3.63, 3.8) is 0 Å². The first kappa shape index (κ1) is 12.3. The van der Waals surface area contributed by atoms with E-state index in [1.165, 1.54) is 6.07 Å². The molecule has 0 spiro atoms. The minimum atomic E-state index is -0.406. The first-order valence-electron chi connectivity index (χ1n) is 5.28. The highest BCUT2D eigenvalue weighted by molar-refractivity contribution is 6.30. The van der Waals surface area contributed by atoms with Crippen molar-refractivity contribution in [3.05, 3.63) is 81.4 Å². The Balaban J connectivity index is 2.46. The standard InChI is InChI=1S/C14H10ClNO2/c1-10(11-6-8-12(15)9-7-11)13-4-2-3-5-14(13)16(17)18/h2-9H,1H2. The number of rotatable bonds is 3. The van der Waals surface area contributed by atoms with Gasteiger partial charge in [-0.15, -0.1) is 0 Å². The zero-order valence-corrected chi connectivity index (χ0v) is 10.2. The van der Waals surface area contributed by atoms with E-state index in [2.05, 4.69) is 6.58 Å². The second kappa shape index (κ2) is 5.02. The van der Waals surface area contributed by atoms with E-state index in [4.69, 9.17) is 11.6 Å². The Hall–Kier alpha value is -2.13. The van der Waals surface area contributed by atoms with Crippen LogP contribution >= 0.6 is 11.6 Å². The van der Waals surface area contributed by atoms with Gasteiger partial charge in [0.15, 0.2) is 0 Å². The summed E-state index contributed by atoms with van der Waals surface area (Å²) in [4.78, 5) is 10.5. The molecule has 0 atom stereocenters. The van der Waals surface area contributed by atoms with E-state index in [-0.39, 0.29) is 5.69 Å². The maximum absolute atomic E-state index is 11.0. The molecule has 0 aliphatic carbocycles. The average Bonchev–Trinajstić information content (AvgIpc) is 2.39. The summed E-state index contributed by atoms with van der Waals surface area (Å²) in [5.74, 6) is 0. The van der Waals surface area contributed by atoms with Gasteiger partial charge in [-0.1, -0.05) is 42.4 Å². The van der Waals surface area contributed by atoms with Gasteiger partial charge < -0.3 is 0 Å². The summed E-state index contributed by atoms with van der Waals surface area (Å²) < 4.78 is 0. The number of hydrogen-bond acceptors (Lipinski definition) is 2. The van der Waals surface area contributed by atoms with Gasteiger partial charge in [-0.3, -0.25) is 10.1 Å². The Kier molecular flexibility index (Phi) is 3.44. The maximum Gasteiger partial charge on any atom is 0.277 e. The van der Waals surface area contributed by atoms with Crippen LogP contribution < -0.4 is 0 Å². The molecular formula is C14H10ClNO2. The molecule has 4 heteroatoms. The number of nitrogens with zero attached hydrogens (tertiary/aromatic N) is 1. The normalized spacial score (nSPS) is 10.1. The van der Waals surface area contributed by atoms with E-state index in [0.717, 1.165) is 5.56 Å². The lowest BCUT2D eigenvalue weighted by Gasteiger charge is -2.07. The zero-order chi connectivity index (χ0) is 13.1. The average molecular weight is 260 g/mol. The molecule has 0 aromatic heterocycles. The molecule has 0 heterocycles. The minimum Gasteiger partial charge on any atom is -0.258 e. The molecule has 0 aliphatic rings. The quantitative estimate of drug-likeness (QED) is 0.609. The highest BCUT2D eigenvalue weighted by Gasteiger charge is 2.15. The molecule has 2 aromatic carbocycles. The molecule has 0 fully saturated rings. The van der Waals surface area contributed by atoms with Crippen molar-refractivity contribution in [2.24, 2.45) is 0 Å². The van der Waals surface area contributed by atoms with Gasteiger partial charge in [0, 0.05) is 11.1 Å². The van der Waals surface area contributed by atoms with Crippen LogP contribution in [0.25, 0.3) is 5.57 Å². The minimum absolute atomic E-state index is 0.0532. The van der Waals surface area contributed by atoms with Gasteiger partial charge in [0.2, 0.25) is 0 Å². The molecule has 0 unspecified atom stereocenters. The molecule has 2 aromatic rings. The fourth-order valence-corrected chi connectivity index (χ4v) is 1.82. The molecule has 2 rings (SSSR count).